The number of piperidine rings is 1. The molecule has 0 bridgehead atoms. The van der Waals surface area contributed by atoms with E-state index in [4.69, 9.17) is 0 Å². The van der Waals surface area contributed by atoms with Crippen LogP contribution in [0.3, 0.4) is 0 Å². The molecule has 0 aliphatic carbocycles. The lowest BCUT2D eigenvalue weighted by Crippen LogP contribution is -2.51. The Morgan fingerprint density at radius 2 is 1.61 bits per heavy atom. The molecule has 3 heterocycles. The molecule has 3 aliphatic heterocycles. The second-order valence-corrected chi connectivity index (χ2v) is 9.37. The zero-order valence-corrected chi connectivity index (χ0v) is 15.1. The molecule has 0 unspecified atom stereocenters. The van der Waals surface area contributed by atoms with Gasteiger partial charge in [-0.3, -0.25) is 4.79 Å². The second kappa shape index (κ2) is 6.69. The molecule has 0 aromatic rings. The molecule has 0 aromatic heterocycles. The number of likely N-dealkylation sites (tertiary alicyclic amines) is 2. The van der Waals surface area contributed by atoms with Crippen LogP contribution in [0.25, 0.3) is 0 Å². The van der Waals surface area contributed by atoms with Crippen LogP contribution in [0.1, 0.15) is 38.5 Å². The van der Waals surface area contributed by atoms with Crippen molar-refractivity contribution >= 4 is 15.9 Å². The Hall–Kier alpha value is -0.660. The van der Waals surface area contributed by atoms with Crippen LogP contribution in [-0.4, -0.2) is 80.0 Å². The highest BCUT2D eigenvalue weighted by atomic mass is 32.2. The Kier molecular flexibility index (Phi) is 4.99. The molecule has 7 heteroatoms. The number of sulfonamides is 1. The summed E-state index contributed by atoms with van der Waals surface area (Å²) in [5, 5.41) is 0. The van der Waals surface area contributed by atoms with Gasteiger partial charge in [0.1, 0.15) is 0 Å². The van der Waals surface area contributed by atoms with E-state index < -0.39 is 10.0 Å². The van der Waals surface area contributed by atoms with E-state index in [0.29, 0.717) is 25.2 Å². The van der Waals surface area contributed by atoms with Crippen LogP contribution in [-0.2, 0) is 14.8 Å². The van der Waals surface area contributed by atoms with E-state index in [1.165, 1.54) is 23.4 Å². The number of hydrogen-bond donors (Lipinski definition) is 0. The molecule has 1 amide bonds. The molecular formula is C16H29N3O3S. The molecule has 3 fully saturated rings. The monoisotopic (exact) mass is 343 g/mol. The lowest BCUT2D eigenvalue weighted by Gasteiger charge is -2.37. The third kappa shape index (κ3) is 3.56. The van der Waals surface area contributed by atoms with E-state index in [2.05, 4.69) is 16.8 Å². The Labute approximate surface area is 139 Å². The molecule has 23 heavy (non-hydrogen) atoms. The predicted molar refractivity (Wildman–Crippen MR) is 89.5 cm³/mol. The minimum atomic E-state index is -3.20. The normalized spacial score (nSPS) is 34.2. The summed E-state index contributed by atoms with van der Waals surface area (Å²) in [4.78, 5) is 17.5. The average Bonchev–Trinajstić information content (AvgIpc) is 3.14. The van der Waals surface area contributed by atoms with E-state index in [1.54, 1.807) is 0 Å². The first-order valence-electron chi connectivity index (χ1n) is 8.84. The third-order valence-electron chi connectivity index (χ3n) is 5.81. The molecule has 3 saturated heterocycles. The molecule has 3 atom stereocenters. The first-order valence-corrected chi connectivity index (χ1v) is 10.7. The summed E-state index contributed by atoms with van der Waals surface area (Å²) < 4.78 is 25.1. The smallest absolute Gasteiger partial charge is 0.227 e. The zero-order valence-electron chi connectivity index (χ0n) is 14.3. The molecule has 0 aromatic carbocycles. The molecule has 6 nitrogen and oxygen atoms in total. The summed E-state index contributed by atoms with van der Waals surface area (Å²) >= 11 is 0. The van der Waals surface area contributed by atoms with Crippen LogP contribution in [0.4, 0.5) is 0 Å². The maximum Gasteiger partial charge on any atom is 0.227 e. The Balaban J connectivity index is 1.69. The molecule has 3 aliphatic rings. The van der Waals surface area contributed by atoms with E-state index in [-0.39, 0.29) is 11.8 Å². The highest BCUT2D eigenvalue weighted by Gasteiger charge is 2.41. The van der Waals surface area contributed by atoms with Crippen molar-refractivity contribution in [3.63, 3.8) is 0 Å². The van der Waals surface area contributed by atoms with Crippen molar-refractivity contribution in [3.05, 3.63) is 0 Å². The van der Waals surface area contributed by atoms with Crippen LogP contribution in [0.15, 0.2) is 0 Å². The fourth-order valence-electron chi connectivity index (χ4n) is 4.57. The van der Waals surface area contributed by atoms with Gasteiger partial charge in [0, 0.05) is 31.7 Å². The lowest BCUT2D eigenvalue weighted by atomic mass is 9.96. The number of rotatable bonds is 3. The lowest BCUT2D eigenvalue weighted by molar-refractivity contribution is -0.138. The van der Waals surface area contributed by atoms with Gasteiger partial charge in [-0.2, -0.15) is 0 Å². The number of likely N-dealkylation sites (N-methyl/N-ethyl adjacent to an activating group) is 1. The van der Waals surface area contributed by atoms with Crippen LogP contribution in [0.2, 0.25) is 0 Å². The van der Waals surface area contributed by atoms with Crippen molar-refractivity contribution in [1.29, 1.82) is 0 Å². The fourth-order valence-corrected chi connectivity index (χ4v) is 5.48. The maximum absolute atomic E-state index is 13.0. The Morgan fingerprint density at radius 1 is 0.957 bits per heavy atom. The van der Waals surface area contributed by atoms with Crippen molar-refractivity contribution in [1.82, 2.24) is 14.1 Å². The number of hydrogen-bond acceptors (Lipinski definition) is 4. The fraction of sp³-hybridized carbons (Fsp3) is 0.938. The third-order valence-corrected chi connectivity index (χ3v) is 7.08. The summed E-state index contributed by atoms with van der Waals surface area (Å²) in [6.07, 6.45) is 7.38. The van der Waals surface area contributed by atoms with Crippen LogP contribution in [0.5, 0.6) is 0 Å². The van der Waals surface area contributed by atoms with Gasteiger partial charge in [-0.25, -0.2) is 12.7 Å². The Morgan fingerprint density at radius 3 is 2.26 bits per heavy atom. The number of carbonyl (C=O) groups is 1. The van der Waals surface area contributed by atoms with Gasteiger partial charge in [-0.1, -0.05) is 0 Å². The van der Waals surface area contributed by atoms with Gasteiger partial charge in [-0.05, 0) is 52.1 Å². The van der Waals surface area contributed by atoms with Gasteiger partial charge in [0.2, 0.25) is 15.9 Å². The van der Waals surface area contributed by atoms with Gasteiger partial charge >= 0.3 is 0 Å². The van der Waals surface area contributed by atoms with Crippen molar-refractivity contribution < 1.29 is 13.2 Å². The first kappa shape index (κ1) is 17.2. The Bertz CT molecular complexity index is 551. The average molecular weight is 343 g/mol. The minimum absolute atomic E-state index is 0.161. The molecule has 0 radical (unpaired) electrons. The summed E-state index contributed by atoms with van der Waals surface area (Å²) in [5.41, 5.74) is 0. The number of nitrogens with zero attached hydrogens (tertiary/aromatic N) is 3. The maximum atomic E-state index is 13.0. The zero-order chi connectivity index (χ0) is 16.6. The van der Waals surface area contributed by atoms with E-state index in [0.717, 1.165) is 38.8 Å². The first-order chi connectivity index (χ1) is 10.9. The van der Waals surface area contributed by atoms with Crippen LogP contribution >= 0.6 is 0 Å². The van der Waals surface area contributed by atoms with E-state index >= 15 is 0 Å². The largest absolute Gasteiger partial charge is 0.338 e. The van der Waals surface area contributed by atoms with Gasteiger partial charge in [0.05, 0.1) is 12.2 Å². The SMILES string of the molecule is CN1CCC[C@@H]1[C@H]1CCCN1C(=O)[C@H]1CCCN(S(C)(=O)=O)C1. The quantitative estimate of drug-likeness (QED) is 0.758. The topological polar surface area (TPSA) is 60.9 Å². The summed E-state index contributed by atoms with van der Waals surface area (Å²) in [5.74, 6) is 0.0203. The van der Waals surface area contributed by atoms with Gasteiger partial charge < -0.3 is 9.80 Å². The van der Waals surface area contributed by atoms with Crippen molar-refractivity contribution in [2.45, 2.75) is 50.6 Å². The molecule has 0 N–H and O–H groups in total. The summed E-state index contributed by atoms with van der Waals surface area (Å²) in [6.45, 7) is 2.87. The molecule has 0 saturated carbocycles. The van der Waals surface area contributed by atoms with Gasteiger partial charge in [0.25, 0.3) is 0 Å². The second-order valence-electron chi connectivity index (χ2n) is 7.39. The summed E-state index contributed by atoms with van der Waals surface area (Å²) in [6, 6.07) is 0.805. The standard InChI is InChI=1S/C16H29N3O3S/c1-17-9-4-7-14(17)15-8-5-11-19(15)16(20)13-6-3-10-18(12-13)23(2,21)22/h13-15H,3-12H2,1-2H3/t13-,14+,15+/m0/s1. The highest BCUT2D eigenvalue weighted by Crippen LogP contribution is 2.31. The van der Waals surface area contributed by atoms with Crippen LogP contribution in [0, 0.1) is 5.92 Å². The molecular weight excluding hydrogens is 314 g/mol. The van der Waals surface area contributed by atoms with Crippen molar-refractivity contribution in [3.8, 4) is 0 Å². The number of carbonyl (C=O) groups excluding carboxylic acids is 1. The van der Waals surface area contributed by atoms with Gasteiger partial charge in [-0.15, -0.1) is 0 Å². The van der Waals surface area contributed by atoms with Crippen molar-refractivity contribution in [2.75, 3.05) is 39.5 Å². The predicted octanol–water partition coefficient (Wildman–Crippen LogP) is 0.743. The molecule has 3 rings (SSSR count). The van der Waals surface area contributed by atoms with Gasteiger partial charge in [0.15, 0.2) is 0 Å². The van der Waals surface area contributed by atoms with E-state index in [1.807, 2.05) is 0 Å². The molecule has 0 spiro atoms. The van der Waals surface area contributed by atoms with Crippen molar-refractivity contribution in [2.24, 2.45) is 5.92 Å². The highest BCUT2D eigenvalue weighted by molar-refractivity contribution is 7.88. The number of amides is 1. The van der Waals surface area contributed by atoms with Crippen LogP contribution < -0.4 is 0 Å². The van der Waals surface area contributed by atoms with E-state index in [9.17, 15) is 13.2 Å². The minimum Gasteiger partial charge on any atom is -0.338 e. The molecule has 132 valence electrons. The summed E-state index contributed by atoms with van der Waals surface area (Å²) in [7, 11) is -1.04.